The molecule has 4 heterocycles. The molecular weight excluding hydrogens is 627 g/mol. The number of amidine groups is 1. The molecule has 50 heavy (non-hydrogen) atoms. The number of benzene rings is 3. The Morgan fingerprint density at radius 1 is 0.740 bits per heavy atom. The zero-order chi connectivity index (χ0) is 34.1. The Kier molecular flexibility index (Phi) is 6.88. The Hall–Kier alpha value is -3.50. The van der Waals surface area contributed by atoms with Gasteiger partial charge in [0.05, 0.1) is 11.5 Å². The molecule has 2 fully saturated rings. The van der Waals surface area contributed by atoms with Crippen LogP contribution in [0.2, 0.25) is 0 Å². The summed E-state index contributed by atoms with van der Waals surface area (Å²) in [6.45, 7) is 14.6. The van der Waals surface area contributed by atoms with Gasteiger partial charge in [-0.2, -0.15) is 9.48 Å². The van der Waals surface area contributed by atoms with Crippen LogP contribution in [-0.4, -0.2) is 27.4 Å². The van der Waals surface area contributed by atoms with Crippen LogP contribution in [0.15, 0.2) is 66.7 Å². The molecule has 10 rings (SSSR count). The monoisotopic (exact) mass is 679 g/mol. The van der Waals surface area contributed by atoms with E-state index in [4.69, 9.17) is 0 Å². The molecule has 5 aliphatic rings. The van der Waals surface area contributed by atoms with Crippen molar-refractivity contribution in [2.45, 2.75) is 135 Å². The molecule has 4 heteroatoms. The van der Waals surface area contributed by atoms with E-state index in [2.05, 4.69) is 122 Å². The standard InChI is InChI=1S/C46H53N3S/c1-28(2)30-21-25-37-31(27-30)22-26-38-40-36(24-23-35-41(40)43-42(45(35,5)6)34-19-13-14-20-39(34)50-43)46(49(37)38)47(32-15-9-7-10-16-32)44(29(3)4)48(46)33-17-11-8-12-18-33/h13-14,19-29,32-33H,7-12,15-18H2,1-6H3/q+2. The first kappa shape index (κ1) is 31.3. The van der Waals surface area contributed by atoms with Gasteiger partial charge in [-0.15, -0.1) is 15.9 Å². The van der Waals surface area contributed by atoms with Crippen molar-refractivity contribution < 1.29 is 9.14 Å². The largest absolute Gasteiger partial charge is 0.479 e. The summed E-state index contributed by atoms with van der Waals surface area (Å²) in [4.78, 5) is 4.53. The Morgan fingerprint density at radius 3 is 2.20 bits per heavy atom. The Balaban J connectivity index is 1.36. The molecule has 1 atom stereocenters. The van der Waals surface area contributed by atoms with Crippen LogP contribution in [0.1, 0.15) is 134 Å². The highest BCUT2D eigenvalue weighted by Gasteiger charge is 2.78. The molecule has 0 saturated heterocycles. The minimum absolute atomic E-state index is 0.0517. The van der Waals surface area contributed by atoms with E-state index in [1.807, 2.05) is 11.3 Å². The van der Waals surface area contributed by atoms with Crippen LogP contribution in [0.4, 0.5) is 0 Å². The van der Waals surface area contributed by atoms with Crippen LogP contribution in [-0.2, 0) is 11.2 Å². The van der Waals surface area contributed by atoms with E-state index in [9.17, 15) is 0 Å². The number of aromatic nitrogens is 1. The number of hydrogen-bond acceptors (Lipinski definition) is 2. The topological polar surface area (TPSA) is 10.1 Å². The van der Waals surface area contributed by atoms with Gasteiger partial charge in [-0.25, -0.2) is 0 Å². The first-order valence-corrected chi connectivity index (χ1v) is 20.7. The zero-order valence-electron chi connectivity index (χ0n) is 31.0. The van der Waals surface area contributed by atoms with Crippen molar-refractivity contribution in [3.63, 3.8) is 0 Å². The summed E-state index contributed by atoms with van der Waals surface area (Å²) in [5.41, 5.74) is 11.7. The van der Waals surface area contributed by atoms with Crippen LogP contribution < -0.4 is 4.57 Å². The molecule has 0 radical (unpaired) electrons. The van der Waals surface area contributed by atoms with Gasteiger partial charge in [-0.1, -0.05) is 84.7 Å². The van der Waals surface area contributed by atoms with Gasteiger partial charge in [0.15, 0.2) is 0 Å². The number of fused-ring (bicyclic) bond motifs is 13. The van der Waals surface area contributed by atoms with Gasteiger partial charge in [0.2, 0.25) is 11.2 Å². The minimum atomic E-state index is -0.355. The number of rotatable bonds is 4. The van der Waals surface area contributed by atoms with Crippen LogP contribution in [0, 0.1) is 5.92 Å². The molecule has 0 N–H and O–H groups in total. The van der Waals surface area contributed by atoms with Crippen LogP contribution in [0.25, 0.3) is 42.7 Å². The molecule has 1 unspecified atom stereocenters. The van der Waals surface area contributed by atoms with E-state index < -0.39 is 0 Å². The van der Waals surface area contributed by atoms with E-state index in [-0.39, 0.29) is 11.2 Å². The van der Waals surface area contributed by atoms with Crippen molar-refractivity contribution >= 4 is 38.2 Å². The third-order valence-electron chi connectivity index (χ3n) is 13.4. The number of thiophene rings is 1. The van der Waals surface area contributed by atoms with Gasteiger partial charge in [0, 0.05) is 38.1 Å². The van der Waals surface area contributed by atoms with Crippen LogP contribution in [0.3, 0.4) is 0 Å². The summed E-state index contributed by atoms with van der Waals surface area (Å²) in [6, 6.07) is 27.8. The van der Waals surface area contributed by atoms with E-state index in [0.29, 0.717) is 23.9 Å². The van der Waals surface area contributed by atoms with E-state index in [0.717, 1.165) is 0 Å². The minimum Gasteiger partial charge on any atom is -0.155 e. The molecule has 3 aliphatic carbocycles. The molecule has 0 amide bonds. The predicted molar refractivity (Wildman–Crippen MR) is 209 cm³/mol. The summed E-state index contributed by atoms with van der Waals surface area (Å²) in [5.74, 6) is 2.23. The fourth-order valence-electron chi connectivity index (χ4n) is 11.3. The SMILES string of the molecule is CC(C)C1=[N+](C2CCCCC2)C2(c3ccc4c(c3-c3ccc5cc(C(C)C)ccc5[n+]32)-c2sc3ccccc3c2C4(C)C)N1C1CCCCC1. The molecule has 2 saturated carbocycles. The third-order valence-corrected chi connectivity index (χ3v) is 14.6. The Bertz CT molecular complexity index is 2240. The van der Waals surface area contributed by atoms with Crippen LogP contribution >= 0.6 is 11.3 Å². The lowest BCUT2D eigenvalue weighted by molar-refractivity contribution is -0.957. The van der Waals surface area contributed by atoms with Gasteiger partial charge in [-0.3, -0.25) is 0 Å². The fraction of sp³-hybridized carbons (Fsp3) is 0.478. The lowest BCUT2D eigenvalue weighted by Crippen LogP contribution is -2.84. The Morgan fingerprint density at radius 2 is 1.46 bits per heavy atom. The number of hydrogen-bond donors (Lipinski definition) is 0. The highest BCUT2D eigenvalue weighted by molar-refractivity contribution is 7.22. The summed E-state index contributed by atoms with van der Waals surface area (Å²) in [7, 11) is 0. The summed E-state index contributed by atoms with van der Waals surface area (Å²) in [6.07, 6.45) is 13.3. The lowest BCUT2D eigenvalue weighted by Gasteiger charge is -2.50. The second-order valence-corrected chi connectivity index (χ2v) is 18.4. The van der Waals surface area contributed by atoms with Crippen molar-refractivity contribution in [3.8, 4) is 21.7 Å². The molecule has 2 aliphatic heterocycles. The fourth-order valence-corrected chi connectivity index (χ4v) is 12.7. The van der Waals surface area contributed by atoms with Gasteiger partial charge < -0.3 is 0 Å². The Labute approximate surface area is 302 Å². The smallest absolute Gasteiger partial charge is 0.155 e. The van der Waals surface area contributed by atoms with Crippen molar-refractivity contribution in [1.29, 1.82) is 0 Å². The predicted octanol–water partition coefficient (Wildman–Crippen LogP) is 11.5. The average molecular weight is 680 g/mol. The summed E-state index contributed by atoms with van der Waals surface area (Å²) in [5, 5.41) is 2.81. The second-order valence-electron chi connectivity index (χ2n) is 17.3. The normalized spacial score (nSPS) is 22.9. The maximum Gasteiger partial charge on any atom is 0.479 e. The lowest BCUT2D eigenvalue weighted by atomic mass is 9.79. The van der Waals surface area contributed by atoms with E-state index in [1.54, 1.807) is 5.84 Å². The first-order chi connectivity index (χ1) is 24.2. The third kappa shape index (κ3) is 3.92. The molecule has 256 valence electrons. The van der Waals surface area contributed by atoms with E-state index in [1.165, 1.54) is 129 Å². The maximum atomic E-state index is 3.02. The first-order valence-electron chi connectivity index (χ1n) is 19.9. The van der Waals surface area contributed by atoms with Crippen molar-refractivity contribution in [1.82, 2.24) is 4.90 Å². The second kappa shape index (κ2) is 11.0. The van der Waals surface area contributed by atoms with Crippen molar-refractivity contribution in [2.24, 2.45) is 5.92 Å². The van der Waals surface area contributed by atoms with Crippen molar-refractivity contribution in [2.75, 3.05) is 0 Å². The van der Waals surface area contributed by atoms with Gasteiger partial charge in [0.1, 0.15) is 17.6 Å². The molecule has 3 aromatic carbocycles. The van der Waals surface area contributed by atoms with Crippen LogP contribution in [0.5, 0.6) is 0 Å². The maximum absolute atomic E-state index is 3.02. The molecule has 2 aromatic heterocycles. The molecular formula is C46H53N3S+2. The quantitative estimate of drug-likeness (QED) is 0.172. The number of nitrogens with zero attached hydrogens (tertiary/aromatic N) is 3. The van der Waals surface area contributed by atoms with E-state index >= 15 is 0 Å². The number of pyridine rings is 1. The molecule has 3 nitrogen and oxygen atoms in total. The average Bonchev–Trinajstić information content (AvgIpc) is 3.73. The van der Waals surface area contributed by atoms with Gasteiger partial charge >= 0.3 is 5.79 Å². The highest BCUT2D eigenvalue weighted by atomic mass is 32.1. The molecule has 0 bridgehead atoms. The van der Waals surface area contributed by atoms with Crippen molar-refractivity contribution in [3.05, 3.63) is 89.0 Å². The molecule has 1 spiro atoms. The van der Waals surface area contributed by atoms with Gasteiger partial charge in [-0.05, 0) is 104 Å². The summed E-state index contributed by atoms with van der Waals surface area (Å²) >= 11 is 2.03. The molecule has 5 aromatic rings. The zero-order valence-corrected chi connectivity index (χ0v) is 31.8. The van der Waals surface area contributed by atoms with Gasteiger partial charge in [0.25, 0.3) is 5.84 Å². The summed E-state index contributed by atoms with van der Waals surface area (Å²) < 4.78 is 7.32. The highest BCUT2D eigenvalue weighted by Crippen LogP contribution is 2.62.